The number of benzene rings is 2. The Hall–Kier alpha value is -3.61. The van der Waals surface area contributed by atoms with Crippen LogP contribution in [0.15, 0.2) is 36.4 Å². The van der Waals surface area contributed by atoms with E-state index in [2.05, 4.69) is 0 Å². The lowest BCUT2D eigenvalue weighted by atomic mass is 9.83. The minimum absolute atomic E-state index is 0.114. The van der Waals surface area contributed by atoms with Gasteiger partial charge in [-0.05, 0) is 43.7 Å². The number of aliphatic hydroxyl groups excluding tert-OH is 1. The number of aliphatic hydroxyl groups is 1. The molecule has 12 heteroatoms. The molecule has 4 rings (SSSR count). The van der Waals surface area contributed by atoms with Crippen LogP contribution in [0.1, 0.15) is 31.0 Å². The van der Waals surface area contributed by atoms with Gasteiger partial charge in [0.2, 0.25) is 0 Å². The van der Waals surface area contributed by atoms with Crippen molar-refractivity contribution in [3.05, 3.63) is 57.6 Å². The maximum atomic E-state index is 12.4. The number of anilines is 1. The van der Waals surface area contributed by atoms with Gasteiger partial charge >= 0.3 is 6.16 Å². The number of hydrogen-bond acceptors (Lipinski definition) is 11. The summed E-state index contributed by atoms with van der Waals surface area (Å²) < 4.78 is 33.2. The maximum absolute atomic E-state index is 12.4. The molecule has 1 N–H and O–H groups in total. The van der Waals surface area contributed by atoms with Crippen LogP contribution in [0.3, 0.4) is 0 Å². The van der Waals surface area contributed by atoms with E-state index in [1.54, 1.807) is 38.0 Å². The smallest absolute Gasteiger partial charge is 0.497 e. The Balaban J connectivity index is 1.91. The van der Waals surface area contributed by atoms with E-state index in [1.807, 2.05) is 6.07 Å². The molecule has 4 atom stereocenters. The highest BCUT2D eigenvalue weighted by atomic mass is 16.7. The third-order valence-corrected chi connectivity index (χ3v) is 6.70. The van der Waals surface area contributed by atoms with E-state index in [-0.39, 0.29) is 18.7 Å². The fourth-order valence-corrected chi connectivity index (χ4v) is 5.04. The molecule has 200 valence electrons. The number of methoxy groups -OCH3 is 3. The molecule has 2 aliphatic rings. The quantitative estimate of drug-likeness (QED) is 0.238. The number of ether oxygens (including phenoxy) is 6. The second-order valence-corrected chi connectivity index (χ2v) is 8.82. The summed E-state index contributed by atoms with van der Waals surface area (Å²) in [6.07, 6.45) is -3.88. The first kappa shape index (κ1) is 26.5. The molecular formula is C25H30N2O10. The summed E-state index contributed by atoms with van der Waals surface area (Å²) in [4.78, 5) is 25.2. The summed E-state index contributed by atoms with van der Waals surface area (Å²) in [5.74, 6) is 0.891. The first-order valence-electron chi connectivity index (χ1n) is 11.7. The topological polar surface area (TPSA) is 139 Å². The van der Waals surface area contributed by atoms with Gasteiger partial charge in [0.25, 0.3) is 5.69 Å². The van der Waals surface area contributed by atoms with Crippen molar-refractivity contribution in [1.82, 2.24) is 0 Å². The molecule has 0 saturated heterocycles. The summed E-state index contributed by atoms with van der Waals surface area (Å²) >= 11 is 0. The first-order valence-corrected chi connectivity index (χ1v) is 11.7. The molecule has 2 aliphatic heterocycles. The molecule has 0 fully saturated rings. The maximum Gasteiger partial charge on any atom is 0.510 e. The third-order valence-electron chi connectivity index (χ3n) is 6.70. The van der Waals surface area contributed by atoms with Gasteiger partial charge in [-0.2, -0.15) is 0 Å². The van der Waals surface area contributed by atoms with Crippen molar-refractivity contribution in [3.8, 4) is 11.5 Å². The van der Waals surface area contributed by atoms with Crippen molar-refractivity contribution >= 4 is 17.5 Å². The van der Waals surface area contributed by atoms with Crippen molar-refractivity contribution in [2.45, 2.75) is 50.5 Å². The Kier molecular flexibility index (Phi) is 7.44. The molecule has 0 spiro atoms. The zero-order chi connectivity index (χ0) is 26.9. The number of nitro benzene ring substituents is 1. The van der Waals surface area contributed by atoms with E-state index in [1.165, 1.54) is 32.4 Å². The number of carbonyl (C=O) groups is 1. The second-order valence-electron chi connectivity index (χ2n) is 8.82. The van der Waals surface area contributed by atoms with Gasteiger partial charge in [-0.1, -0.05) is 0 Å². The minimum atomic E-state index is -1.44. The van der Waals surface area contributed by atoms with Gasteiger partial charge in [0.15, 0.2) is 18.1 Å². The van der Waals surface area contributed by atoms with Crippen LogP contribution in [0.4, 0.5) is 16.2 Å². The molecule has 0 radical (unpaired) electrons. The van der Waals surface area contributed by atoms with Crippen LogP contribution < -0.4 is 14.4 Å². The largest absolute Gasteiger partial charge is 0.510 e. The zero-order valence-corrected chi connectivity index (χ0v) is 21.2. The van der Waals surface area contributed by atoms with E-state index in [9.17, 15) is 20.0 Å². The van der Waals surface area contributed by atoms with Crippen LogP contribution in [-0.4, -0.2) is 68.3 Å². The first-order chi connectivity index (χ1) is 17.7. The van der Waals surface area contributed by atoms with Gasteiger partial charge in [-0.25, -0.2) is 4.79 Å². The fraction of sp³-hybridized carbons (Fsp3) is 0.480. The summed E-state index contributed by atoms with van der Waals surface area (Å²) in [6, 6.07) is 8.50. The highest BCUT2D eigenvalue weighted by Gasteiger charge is 2.56. The van der Waals surface area contributed by atoms with E-state index in [4.69, 9.17) is 28.4 Å². The van der Waals surface area contributed by atoms with E-state index >= 15 is 0 Å². The van der Waals surface area contributed by atoms with Gasteiger partial charge in [-0.3, -0.25) is 10.1 Å². The summed E-state index contributed by atoms with van der Waals surface area (Å²) in [5.41, 5.74) is 0.144. The van der Waals surface area contributed by atoms with Crippen molar-refractivity contribution in [3.63, 3.8) is 0 Å². The highest BCUT2D eigenvalue weighted by Crippen LogP contribution is 2.50. The molecule has 12 nitrogen and oxygen atoms in total. The number of nitro groups is 1. The number of non-ortho nitro benzene ring substituents is 1. The Labute approximate surface area is 213 Å². The van der Waals surface area contributed by atoms with Gasteiger partial charge in [-0.15, -0.1) is 0 Å². The van der Waals surface area contributed by atoms with Crippen molar-refractivity contribution in [2.24, 2.45) is 0 Å². The Bertz CT molecular complexity index is 1170. The molecular weight excluding hydrogens is 488 g/mol. The van der Waals surface area contributed by atoms with Gasteiger partial charge in [0, 0.05) is 44.0 Å². The van der Waals surface area contributed by atoms with Crippen LogP contribution in [0, 0.1) is 10.1 Å². The van der Waals surface area contributed by atoms with Crippen LogP contribution in [0.5, 0.6) is 11.5 Å². The lowest BCUT2D eigenvalue weighted by Gasteiger charge is -2.50. The normalized spacial score (nSPS) is 24.2. The van der Waals surface area contributed by atoms with Gasteiger partial charge in [0.05, 0.1) is 24.7 Å². The van der Waals surface area contributed by atoms with Crippen molar-refractivity contribution in [2.75, 3.05) is 32.8 Å². The second kappa shape index (κ2) is 10.4. The fourth-order valence-electron chi connectivity index (χ4n) is 5.04. The molecule has 0 saturated carbocycles. The van der Waals surface area contributed by atoms with Crippen molar-refractivity contribution < 1.29 is 43.2 Å². The number of hydrogen-bond donors (Lipinski definition) is 1. The Morgan fingerprint density at radius 2 is 1.97 bits per heavy atom. The third kappa shape index (κ3) is 4.63. The summed E-state index contributed by atoms with van der Waals surface area (Å²) in [6.45, 7) is 3.40. The lowest BCUT2D eigenvalue weighted by molar-refractivity contribution is -0.385. The molecule has 0 aromatic heterocycles. The molecule has 0 bridgehead atoms. The average Bonchev–Trinajstić information content (AvgIpc) is 3.21. The summed E-state index contributed by atoms with van der Waals surface area (Å²) in [7, 11) is 4.37. The predicted molar refractivity (Wildman–Crippen MR) is 130 cm³/mol. The number of fused-ring (bicyclic) bond motifs is 2. The molecule has 0 amide bonds. The number of nitrogens with zero attached hydrogens (tertiary/aromatic N) is 2. The lowest BCUT2D eigenvalue weighted by Crippen LogP contribution is -2.63. The van der Waals surface area contributed by atoms with E-state index in [0.717, 1.165) is 5.56 Å². The molecule has 2 heterocycles. The zero-order valence-electron chi connectivity index (χ0n) is 21.2. The van der Waals surface area contributed by atoms with Crippen LogP contribution in [0.2, 0.25) is 0 Å². The van der Waals surface area contributed by atoms with E-state index < -0.39 is 41.3 Å². The molecule has 0 unspecified atom stereocenters. The Morgan fingerprint density at radius 3 is 2.59 bits per heavy atom. The molecule has 2 aromatic carbocycles. The standard InChI is InChI=1S/C25H30N2O10/c1-6-35-24(29)36-20-12-14-11-16(32-3)8-9-18(14)26(20)21-17-13-15(27(30)31)7-10-19(17)37-25(2,22(21)28)23(33-4)34-5/h7-11,13,20-23,28H,6,12H2,1-5H3/t20-,21-,22+,25+/m1/s1. The molecule has 0 aliphatic carbocycles. The number of carbonyl (C=O) groups excluding carboxylic acids is 1. The SMILES string of the molecule is CCOC(=O)O[C@@H]1Cc2cc(OC)ccc2N1[C@@H]1c2cc([N+](=O)[O-])ccc2O[C@](C)(C(OC)OC)[C@H]1O. The predicted octanol–water partition coefficient (Wildman–Crippen LogP) is 3.34. The summed E-state index contributed by atoms with van der Waals surface area (Å²) in [5, 5.41) is 23.5. The van der Waals surface area contributed by atoms with Gasteiger partial charge < -0.3 is 38.4 Å². The molecule has 2 aromatic rings. The van der Waals surface area contributed by atoms with E-state index in [0.29, 0.717) is 22.7 Å². The Morgan fingerprint density at radius 1 is 1.24 bits per heavy atom. The van der Waals surface area contributed by atoms with Crippen LogP contribution >= 0.6 is 0 Å². The average molecular weight is 519 g/mol. The van der Waals surface area contributed by atoms with Crippen molar-refractivity contribution in [1.29, 1.82) is 0 Å². The highest BCUT2D eigenvalue weighted by molar-refractivity contribution is 5.67. The minimum Gasteiger partial charge on any atom is -0.497 e. The van der Waals surface area contributed by atoms with Gasteiger partial charge in [0.1, 0.15) is 17.6 Å². The molecule has 37 heavy (non-hydrogen) atoms. The monoisotopic (exact) mass is 518 g/mol. The van der Waals surface area contributed by atoms with Crippen LogP contribution in [-0.2, 0) is 25.4 Å². The van der Waals surface area contributed by atoms with Crippen LogP contribution in [0.25, 0.3) is 0 Å². The number of rotatable bonds is 8.